The number of halogens is 1. The molecule has 3 nitrogen and oxygen atoms in total. The average molecular weight is 335 g/mol. The van der Waals surface area contributed by atoms with Crippen LogP contribution in [0.25, 0.3) is 0 Å². The Morgan fingerprint density at radius 2 is 2.00 bits per heavy atom. The number of carbonyl (C=O) groups is 1. The van der Waals surface area contributed by atoms with E-state index in [1.807, 2.05) is 42.8 Å². The second-order valence-corrected chi connectivity index (χ2v) is 6.14. The Balaban J connectivity index is 2.31. The minimum Gasteiger partial charge on any atom is -0.341 e. The maximum absolute atomic E-state index is 12.4. The summed E-state index contributed by atoms with van der Waals surface area (Å²) >= 11 is 3.52. The van der Waals surface area contributed by atoms with Crippen LogP contribution in [0.2, 0.25) is 0 Å². The summed E-state index contributed by atoms with van der Waals surface area (Å²) in [4.78, 5) is 12.4. The molecule has 0 aliphatic rings. The standard InChI is InChI=1S/C16H19BrN2O/c1-10(2)19-7-5-6-14(19)16(20)18-15-12(4)8-11(3)9-13(15)17/h5-10H,1-4H3,(H,18,20). The fourth-order valence-corrected chi connectivity index (χ4v) is 3.06. The normalized spacial score (nSPS) is 10.9. The molecule has 1 aromatic heterocycles. The predicted octanol–water partition coefficient (Wildman–Crippen LogP) is 4.70. The van der Waals surface area contributed by atoms with Crippen molar-refractivity contribution in [1.82, 2.24) is 4.57 Å². The highest BCUT2D eigenvalue weighted by Gasteiger charge is 2.15. The van der Waals surface area contributed by atoms with Crippen LogP contribution in [0, 0.1) is 13.8 Å². The molecule has 2 rings (SSSR count). The molecule has 1 N–H and O–H groups in total. The molecule has 1 aromatic carbocycles. The van der Waals surface area contributed by atoms with Crippen molar-refractivity contribution in [1.29, 1.82) is 0 Å². The summed E-state index contributed by atoms with van der Waals surface area (Å²) in [6.07, 6.45) is 1.93. The van der Waals surface area contributed by atoms with Crippen LogP contribution in [0.15, 0.2) is 34.9 Å². The number of aromatic nitrogens is 1. The van der Waals surface area contributed by atoms with Gasteiger partial charge in [-0.3, -0.25) is 4.79 Å². The van der Waals surface area contributed by atoms with Crippen LogP contribution in [-0.4, -0.2) is 10.5 Å². The summed E-state index contributed by atoms with van der Waals surface area (Å²) in [6, 6.07) is 8.05. The van der Waals surface area contributed by atoms with Crippen LogP contribution in [0.3, 0.4) is 0 Å². The molecule has 0 atom stereocenters. The summed E-state index contributed by atoms with van der Waals surface area (Å²) < 4.78 is 2.87. The molecule has 2 aromatic rings. The molecule has 1 amide bonds. The van der Waals surface area contributed by atoms with Crippen molar-refractivity contribution >= 4 is 27.5 Å². The first-order valence-corrected chi connectivity index (χ1v) is 7.44. The van der Waals surface area contributed by atoms with E-state index in [1.165, 1.54) is 0 Å². The van der Waals surface area contributed by atoms with Crippen molar-refractivity contribution < 1.29 is 4.79 Å². The Labute approximate surface area is 128 Å². The van der Waals surface area contributed by atoms with Crippen LogP contribution in [-0.2, 0) is 0 Å². The molecule has 0 aliphatic heterocycles. The molecular formula is C16H19BrN2O. The second-order valence-electron chi connectivity index (χ2n) is 5.29. The van der Waals surface area contributed by atoms with Gasteiger partial charge in [0.15, 0.2) is 0 Å². The van der Waals surface area contributed by atoms with Crippen molar-refractivity contribution in [3.63, 3.8) is 0 Å². The SMILES string of the molecule is Cc1cc(C)c(NC(=O)c2cccn2C(C)C)c(Br)c1. The Hall–Kier alpha value is -1.55. The third-order valence-electron chi connectivity index (χ3n) is 3.24. The highest BCUT2D eigenvalue weighted by molar-refractivity contribution is 9.10. The number of carbonyl (C=O) groups excluding carboxylic acids is 1. The highest BCUT2D eigenvalue weighted by Crippen LogP contribution is 2.28. The van der Waals surface area contributed by atoms with Crippen LogP contribution >= 0.6 is 15.9 Å². The zero-order chi connectivity index (χ0) is 14.9. The lowest BCUT2D eigenvalue weighted by molar-refractivity contribution is 0.101. The maximum Gasteiger partial charge on any atom is 0.272 e. The molecular weight excluding hydrogens is 316 g/mol. The molecule has 20 heavy (non-hydrogen) atoms. The summed E-state index contributed by atoms with van der Waals surface area (Å²) in [7, 11) is 0. The van der Waals surface area contributed by atoms with Gasteiger partial charge in [-0.25, -0.2) is 0 Å². The number of nitrogens with one attached hydrogen (secondary N) is 1. The molecule has 0 saturated carbocycles. The van der Waals surface area contributed by atoms with Gasteiger partial charge in [0, 0.05) is 16.7 Å². The fraction of sp³-hybridized carbons (Fsp3) is 0.312. The van der Waals surface area contributed by atoms with Gasteiger partial charge in [-0.15, -0.1) is 0 Å². The number of amides is 1. The van der Waals surface area contributed by atoms with E-state index in [1.54, 1.807) is 0 Å². The molecule has 0 radical (unpaired) electrons. The minimum atomic E-state index is -0.0867. The molecule has 0 aliphatic carbocycles. The molecule has 106 valence electrons. The van der Waals surface area contributed by atoms with Crippen LogP contribution in [0.4, 0.5) is 5.69 Å². The van der Waals surface area contributed by atoms with E-state index < -0.39 is 0 Å². The van der Waals surface area contributed by atoms with E-state index in [9.17, 15) is 4.79 Å². The summed E-state index contributed by atoms with van der Waals surface area (Å²) in [5.41, 5.74) is 3.72. The number of rotatable bonds is 3. The fourth-order valence-electron chi connectivity index (χ4n) is 2.29. The van der Waals surface area contributed by atoms with Crippen molar-refractivity contribution in [3.05, 3.63) is 51.8 Å². The summed E-state index contributed by atoms with van der Waals surface area (Å²) in [5, 5.41) is 3.00. The van der Waals surface area contributed by atoms with Crippen LogP contribution < -0.4 is 5.32 Å². The smallest absolute Gasteiger partial charge is 0.272 e. The Morgan fingerprint density at radius 1 is 1.30 bits per heavy atom. The third-order valence-corrected chi connectivity index (χ3v) is 3.86. The Bertz CT molecular complexity index is 621. The molecule has 0 bridgehead atoms. The molecule has 1 heterocycles. The zero-order valence-electron chi connectivity index (χ0n) is 12.2. The van der Waals surface area contributed by atoms with Crippen molar-refractivity contribution in [2.45, 2.75) is 33.7 Å². The van der Waals surface area contributed by atoms with Crippen LogP contribution in [0.1, 0.15) is 41.5 Å². The minimum absolute atomic E-state index is 0.0867. The number of benzene rings is 1. The molecule has 0 saturated heterocycles. The monoisotopic (exact) mass is 334 g/mol. The first kappa shape index (κ1) is 14.9. The highest BCUT2D eigenvalue weighted by atomic mass is 79.9. The molecule has 0 spiro atoms. The summed E-state index contributed by atoms with van der Waals surface area (Å²) in [5.74, 6) is -0.0867. The van der Waals surface area contributed by atoms with E-state index in [0.29, 0.717) is 5.69 Å². The van der Waals surface area contributed by atoms with Gasteiger partial charge >= 0.3 is 0 Å². The second kappa shape index (κ2) is 5.83. The lowest BCUT2D eigenvalue weighted by Gasteiger charge is -2.15. The third kappa shape index (κ3) is 2.96. The summed E-state index contributed by atoms with van der Waals surface area (Å²) in [6.45, 7) is 8.15. The van der Waals surface area contributed by atoms with E-state index in [0.717, 1.165) is 21.3 Å². The van der Waals surface area contributed by atoms with Gasteiger partial charge in [-0.2, -0.15) is 0 Å². The number of hydrogen-bond donors (Lipinski definition) is 1. The van der Waals surface area contributed by atoms with Gasteiger partial charge in [-0.05, 0) is 73.0 Å². The zero-order valence-corrected chi connectivity index (χ0v) is 13.8. The Morgan fingerprint density at radius 3 is 2.60 bits per heavy atom. The van der Waals surface area contributed by atoms with Gasteiger partial charge in [0.05, 0.1) is 5.69 Å². The molecule has 4 heteroatoms. The van der Waals surface area contributed by atoms with E-state index >= 15 is 0 Å². The lowest BCUT2D eigenvalue weighted by atomic mass is 10.1. The number of anilines is 1. The van der Waals surface area contributed by atoms with Crippen molar-refractivity contribution in [2.24, 2.45) is 0 Å². The van der Waals surface area contributed by atoms with Gasteiger partial charge in [0.25, 0.3) is 5.91 Å². The first-order chi connectivity index (χ1) is 9.40. The van der Waals surface area contributed by atoms with E-state index in [4.69, 9.17) is 0 Å². The van der Waals surface area contributed by atoms with E-state index in [-0.39, 0.29) is 11.9 Å². The average Bonchev–Trinajstić information content (AvgIpc) is 2.82. The van der Waals surface area contributed by atoms with Crippen LogP contribution in [0.5, 0.6) is 0 Å². The Kier molecular flexibility index (Phi) is 4.33. The van der Waals surface area contributed by atoms with Gasteiger partial charge < -0.3 is 9.88 Å². The van der Waals surface area contributed by atoms with Gasteiger partial charge in [0.1, 0.15) is 5.69 Å². The first-order valence-electron chi connectivity index (χ1n) is 6.65. The van der Waals surface area contributed by atoms with Crippen molar-refractivity contribution in [2.75, 3.05) is 5.32 Å². The van der Waals surface area contributed by atoms with Gasteiger partial charge in [-0.1, -0.05) is 6.07 Å². The largest absolute Gasteiger partial charge is 0.341 e. The molecule has 0 unspecified atom stereocenters. The van der Waals surface area contributed by atoms with Gasteiger partial charge in [0.2, 0.25) is 0 Å². The lowest BCUT2D eigenvalue weighted by Crippen LogP contribution is -2.18. The van der Waals surface area contributed by atoms with E-state index in [2.05, 4.69) is 41.2 Å². The number of aryl methyl sites for hydroxylation is 2. The topological polar surface area (TPSA) is 34.0 Å². The molecule has 0 fully saturated rings. The number of nitrogens with zero attached hydrogens (tertiary/aromatic N) is 1. The number of hydrogen-bond acceptors (Lipinski definition) is 1. The maximum atomic E-state index is 12.4. The predicted molar refractivity (Wildman–Crippen MR) is 86.4 cm³/mol. The van der Waals surface area contributed by atoms with Crippen molar-refractivity contribution in [3.8, 4) is 0 Å². The quantitative estimate of drug-likeness (QED) is 0.867.